The molecule has 0 saturated carbocycles. The van der Waals surface area contributed by atoms with E-state index in [9.17, 15) is 0 Å². The van der Waals surface area contributed by atoms with Crippen LogP contribution in [0.3, 0.4) is 0 Å². The van der Waals surface area contributed by atoms with E-state index in [2.05, 4.69) is 56.8 Å². The number of hydrogen-bond acceptors (Lipinski definition) is 4. The summed E-state index contributed by atoms with van der Waals surface area (Å²) in [5.74, 6) is 3.77. The highest BCUT2D eigenvalue weighted by Gasteiger charge is 2.09. The van der Waals surface area contributed by atoms with Gasteiger partial charge in [0.15, 0.2) is 0 Å². The van der Waals surface area contributed by atoms with E-state index in [0.717, 1.165) is 41.2 Å². The lowest BCUT2D eigenvalue weighted by Crippen LogP contribution is -2.23. The molecule has 1 heterocycles. The van der Waals surface area contributed by atoms with Gasteiger partial charge in [-0.2, -0.15) is 11.8 Å². The average molecular weight is 281 g/mol. The van der Waals surface area contributed by atoms with Crippen molar-refractivity contribution in [2.45, 2.75) is 59.9 Å². The standard InChI is InChI=1S/C15H27N3S/c1-10(2)8-19-9-15-17-12(5)14(13(6)18-15)7-16-11(3)4/h10-11,16H,7-9H2,1-6H3. The Morgan fingerprint density at radius 2 is 1.63 bits per heavy atom. The maximum atomic E-state index is 4.64. The van der Waals surface area contributed by atoms with Crippen LogP contribution in [0.25, 0.3) is 0 Å². The van der Waals surface area contributed by atoms with E-state index in [4.69, 9.17) is 0 Å². The summed E-state index contributed by atoms with van der Waals surface area (Å²) in [4.78, 5) is 9.27. The normalized spacial score (nSPS) is 11.6. The third kappa shape index (κ3) is 5.91. The molecular formula is C15H27N3S. The molecule has 19 heavy (non-hydrogen) atoms. The minimum absolute atomic E-state index is 0.486. The predicted molar refractivity (Wildman–Crippen MR) is 84.5 cm³/mol. The van der Waals surface area contributed by atoms with E-state index in [1.165, 1.54) is 5.56 Å². The number of aryl methyl sites for hydroxylation is 2. The van der Waals surface area contributed by atoms with E-state index in [1.807, 2.05) is 11.8 Å². The van der Waals surface area contributed by atoms with Gasteiger partial charge in [0.1, 0.15) is 5.82 Å². The van der Waals surface area contributed by atoms with Gasteiger partial charge in [0.25, 0.3) is 0 Å². The summed E-state index contributed by atoms with van der Waals surface area (Å²) < 4.78 is 0. The summed E-state index contributed by atoms with van der Waals surface area (Å²) in [6.07, 6.45) is 0. The molecule has 3 nitrogen and oxygen atoms in total. The van der Waals surface area contributed by atoms with Crippen LogP contribution in [0.5, 0.6) is 0 Å². The first-order valence-electron chi connectivity index (χ1n) is 7.04. The summed E-state index contributed by atoms with van der Waals surface area (Å²) in [6.45, 7) is 13.8. The van der Waals surface area contributed by atoms with Crippen molar-refractivity contribution < 1.29 is 0 Å². The molecule has 1 aromatic heterocycles. The molecule has 1 N–H and O–H groups in total. The van der Waals surface area contributed by atoms with Gasteiger partial charge in [0, 0.05) is 29.5 Å². The van der Waals surface area contributed by atoms with Crippen molar-refractivity contribution >= 4 is 11.8 Å². The highest BCUT2D eigenvalue weighted by Crippen LogP contribution is 2.16. The van der Waals surface area contributed by atoms with Crippen LogP contribution in [0.4, 0.5) is 0 Å². The molecule has 0 aliphatic heterocycles. The Morgan fingerprint density at radius 1 is 1.05 bits per heavy atom. The molecule has 4 heteroatoms. The smallest absolute Gasteiger partial charge is 0.138 e. The van der Waals surface area contributed by atoms with Crippen LogP contribution in [0, 0.1) is 19.8 Å². The van der Waals surface area contributed by atoms with Gasteiger partial charge >= 0.3 is 0 Å². The van der Waals surface area contributed by atoms with Gasteiger partial charge in [-0.3, -0.25) is 0 Å². The van der Waals surface area contributed by atoms with Crippen molar-refractivity contribution in [3.05, 3.63) is 22.8 Å². The molecule has 0 spiro atoms. The minimum Gasteiger partial charge on any atom is -0.310 e. The first-order chi connectivity index (χ1) is 8.90. The third-order valence-electron chi connectivity index (χ3n) is 2.84. The summed E-state index contributed by atoms with van der Waals surface area (Å²) in [5, 5.41) is 3.44. The summed E-state index contributed by atoms with van der Waals surface area (Å²) in [7, 11) is 0. The molecule has 0 aliphatic carbocycles. The summed E-state index contributed by atoms with van der Waals surface area (Å²) in [6, 6.07) is 0.486. The maximum absolute atomic E-state index is 4.64. The Morgan fingerprint density at radius 3 is 2.11 bits per heavy atom. The molecule has 0 aromatic carbocycles. The molecule has 0 saturated heterocycles. The molecule has 0 bridgehead atoms. The Labute approximate surface area is 122 Å². The van der Waals surface area contributed by atoms with E-state index in [-0.39, 0.29) is 0 Å². The third-order valence-corrected chi connectivity index (χ3v) is 4.20. The Kier molecular flexibility index (Phi) is 6.80. The van der Waals surface area contributed by atoms with E-state index in [0.29, 0.717) is 6.04 Å². The van der Waals surface area contributed by atoms with Crippen molar-refractivity contribution in [2.24, 2.45) is 5.92 Å². The van der Waals surface area contributed by atoms with Crippen LogP contribution in [-0.4, -0.2) is 21.8 Å². The van der Waals surface area contributed by atoms with Crippen molar-refractivity contribution in [1.29, 1.82) is 0 Å². The molecule has 108 valence electrons. The molecule has 0 atom stereocenters. The highest BCUT2D eigenvalue weighted by atomic mass is 32.2. The number of rotatable bonds is 7. The second-order valence-electron chi connectivity index (χ2n) is 5.73. The fourth-order valence-electron chi connectivity index (χ4n) is 1.82. The number of nitrogens with one attached hydrogen (secondary N) is 1. The first kappa shape index (κ1) is 16.4. The summed E-state index contributed by atoms with van der Waals surface area (Å²) in [5.41, 5.74) is 3.47. The van der Waals surface area contributed by atoms with Crippen LogP contribution in [-0.2, 0) is 12.3 Å². The minimum atomic E-state index is 0.486. The second kappa shape index (κ2) is 7.85. The van der Waals surface area contributed by atoms with Crippen LogP contribution >= 0.6 is 11.8 Å². The molecule has 1 rings (SSSR count). The lowest BCUT2D eigenvalue weighted by molar-refractivity contribution is 0.582. The second-order valence-corrected chi connectivity index (χ2v) is 6.76. The van der Waals surface area contributed by atoms with Crippen LogP contribution in [0.1, 0.15) is 50.5 Å². The van der Waals surface area contributed by atoms with Crippen molar-refractivity contribution in [2.75, 3.05) is 5.75 Å². The zero-order chi connectivity index (χ0) is 14.4. The Bertz CT molecular complexity index is 379. The molecule has 1 aromatic rings. The average Bonchev–Trinajstić information content (AvgIpc) is 2.26. The van der Waals surface area contributed by atoms with Gasteiger partial charge in [0.05, 0.1) is 5.75 Å². The predicted octanol–water partition coefficient (Wildman–Crippen LogP) is 3.48. The monoisotopic (exact) mass is 281 g/mol. The van der Waals surface area contributed by atoms with Gasteiger partial charge in [-0.25, -0.2) is 9.97 Å². The molecule has 0 radical (unpaired) electrons. The fourth-order valence-corrected chi connectivity index (χ4v) is 2.72. The van der Waals surface area contributed by atoms with Gasteiger partial charge in [-0.15, -0.1) is 0 Å². The fraction of sp³-hybridized carbons (Fsp3) is 0.733. The first-order valence-corrected chi connectivity index (χ1v) is 8.19. The molecule has 0 fully saturated rings. The molecule has 0 unspecified atom stereocenters. The lowest BCUT2D eigenvalue weighted by atomic mass is 10.1. The lowest BCUT2D eigenvalue weighted by Gasteiger charge is -2.13. The molecule has 0 aliphatic rings. The van der Waals surface area contributed by atoms with Gasteiger partial charge < -0.3 is 5.32 Å². The quantitative estimate of drug-likeness (QED) is 0.830. The van der Waals surface area contributed by atoms with Crippen LogP contribution in [0.15, 0.2) is 0 Å². The van der Waals surface area contributed by atoms with Crippen LogP contribution < -0.4 is 5.32 Å². The SMILES string of the molecule is Cc1nc(CSCC(C)C)nc(C)c1CNC(C)C. The number of nitrogens with zero attached hydrogens (tertiary/aromatic N) is 2. The maximum Gasteiger partial charge on any atom is 0.138 e. The van der Waals surface area contributed by atoms with Gasteiger partial charge in [-0.05, 0) is 25.5 Å². The summed E-state index contributed by atoms with van der Waals surface area (Å²) >= 11 is 1.92. The highest BCUT2D eigenvalue weighted by molar-refractivity contribution is 7.98. The largest absolute Gasteiger partial charge is 0.310 e. The van der Waals surface area contributed by atoms with Crippen molar-refractivity contribution in [3.63, 3.8) is 0 Å². The topological polar surface area (TPSA) is 37.8 Å². The Hall–Kier alpha value is -0.610. The van der Waals surface area contributed by atoms with E-state index < -0.39 is 0 Å². The van der Waals surface area contributed by atoms with Gasteiger partial charge in [-0.1, -0.05) is 27.7 Å². The number of hydrogen-bond donors (Lipinski definition) is 1. The van der Waals surface area contributed by atoms with Crippen LogP contribution in [0.2, 0.25) is 0 Å². The van der Waals surface area contributed by atoms with Gasteiger partial charge in [0.2, 0.25) is 0 Å². The van der Waals surface area contributed by atoms with Crippen molar-refractivity contribution in [1.82, 2.24) is 15.3 Å². The van der Waals surface area contributed by atoms with E-state index in [1.54, 1.807) is 0 Å². The van der Waals surface area contributed by atoms with Crippen molar-refractivity contribution in [3.8, 4) is 0 Å². The zero-order valence-corrected chi connectivity index (χ0v) is 13.9. The number of aromatic nitrogens is 2. The van der Waals surface area contributed by atoms with E-state index >= 15 is 0 Å². The Balaban J connectivity index is 2.67. The molecular weight excluding hydrogens is 254 g/mol. The zero-order valence-electron chi connectivity index (χ0n) is 13.1. The number of thioether (sulfide) groups is 1. The molecule has 0 amide bonds.